The summed E-state index contributed by atoms with van der Waals surface area (Å²) in [5.74, 6) is -0.275. The van der Waals surface area contributed by atoms with Gasteiger partial charge in [-0.05, 0) is 29.7 Å². The molecular formula is C27H27N3O3. The van der Waals surface area contributed by atoms with E-state index in [1.807, 2.05) is 91.1 Å². The average Bonchev–Trinajstić information content (AvgIpc) is 3.21. The zero-order valence-electron chi connectivity index (χ0n) is 18.5. The van der Waals surface area contributed by atoms with Crippen LogP contribution < -0.4 is 5.32 Å². The summed E-state index contributed by atoms with van der Waals surface area (Å²) in [5, 5.41) is 13.1. The SMILES string of the molecule is CC(Cc1c[nH]c2ccccc12)(NC(=O)O)C(=O)N(Cc1ccccc1)Cc1ccccc1. The minimum Gasteiger partial charge on any atom is -0.465 e. The molecule has 0 aliphatic carbocycles. The summed E-state index contributed by atoms with van der Waals surface area (Å²) < 4.78 is 0. The minimum absolute atomic E-state index is 0.224. The third-order valence-corrected chi connectivity index (χ3v) is 5.79. The van der Waals surface area contributed by atoms with Crippen LogP contribution in [0.15, 0.2) is 91.1 Å². The lowest BCUT2D eigenvalue weighted by Crippen LogP contribution is -2.58. The van der Waals surface area contributed by atoms with Gasteiger partial charge in [0.05, 0.1) is 0 Å². The molecule has 33 heavy (non-hydrogen) atoms. The molecule has 0 bridgehead atoms. The predicted octanol–water partition coefficient (Wildman–Crippen LogP) is 4.97. The molecule has 3 N–H and O–H groups in total. The number of aromatic amines is 1. The van der Waals surface area contributed by atoms with Gasteiger partial charge in [0, 0.05) is 36.6 Å². The van der Waals surface area contributed by atoms with Crippen LogP contribution in [0.1, 0.15) is 23.6 Å². The Morgan fingerprint density at radius 2 is 1.42 bits per heavy atom. The van der Waals surface area contributed by atoms with Crippen molar-refractivity contribution in [1.82, 2.24) is 15.2 Å². The van der Waals surface area contributed by atoms with Crippen molar-refractivity contribution in [2.24, 2.45) is 0 Å². The van der Waals surface area contributed by atoms with Crippen LogP contribution in [0.25, 0.3) is 10.9 Å². The van der Waals surface area contributed by atoms with Gasteiger partial charge >= 0.3 is 6.09 Å². The first-order valence-electron chi connectivity index (χ1n) is 10.9. The van der Waals surface area contributed by atoms with Crippen LogP contribution in [0.2, 0.25) is 0 Å². The van der Waals surface area contributed by atoms with E-state index in [9.17, 15) is 14.7 Å². The Labute approximate surface area is 192 Å². The topological polar surface area (TPSA) is 85.4 Å². The third-order valence-electron chi connectivity index (χ3n) is 5.79. The summed E-state index contributed by atoms with van der Waals surface area (Å²) in [6, 6.07) is 27.2. The van der Waals surface area contributed by atoms with Gasteiger partial charge in [-0.15, -0.1) is 0 Å². The van der Waals surface area contributed by atoms with Gasteiger partial charge in [-0.3, -0.25) is 4.79 Å². The largest absolute Gasteiger partial charge is 0.465 e. The molecular weight excluding hydrogens is 414 g/mol. The number of hydrogen-bond acceptors (Lipinski definition) is 2. The molecule has 4 rings (SSSR count). The van der Waals surface area contributed by atoms with Gasteiger partial charge in [0.2, 0.25) is 5.91 Å². The molecule has 0 radical (unpaired) electrons. The number of benzene rings is 3. The second-order valence-electron chi connectivity index (χ2n) is 8.43. The van der Waals surface area contributed by atoms with Crippen molar-refractivity contribution in [2.75, 3.05) is 0 Å². The lowest BCUT2D eigenvalue weighted by Gasteiger charge is -2.35. The summed E-state index contributed by atoms with van der Waals surface area (Å²) in [6.45, 7) is 2.41. The average molecular weight is 442 g/mol. The van der Waals surface area contributed by atoms with Crippen LogP contribution in [0.3, 0.4) is 0 Å². The van der Waals surface area contributed by atoms with Crippen LogP contribution in [-0.2, 0) is 24.3 Å². The first kappa shape index (κ1) is 22.1. The first-order chi connectivity index (χ1) is 15.9. The zero-order valence-corrected chi connectivity index (χ0v) is 18.5. The fourth-order valence-corrected chi connectivity index (χ4v) is 4.22. The van der Waals surface area contributed by atoms with Crippen molar-refractivity contribution in [3.05, 3.63) is 108 Å². The third kappa shape index (κ3) is 5.23. The highest BCUT2D eigenvalue weighted by molar-refractivity contribution is 5.91. The van der Waals surface area contributed by atoms with E-state index in [2.05, 4.69) is 10.3 Å². The van der Waals surface area contributed by atoms with Crippen LogP contribution in [-0.4, -0.2) is 32.5 Å². The molecule has 3 aromatic carbocycles. The summed E-state index contributed by atoms with van der Waals surface area (Å²) in [5.41, 5.74) is 2.44. The highest BCUT2D eigenvalue weighted by Crippen LogP contribution is 2.25. The second-order valence-corrected chi connectivity index (χ2v) is 8.43. The highest BCUT2D eigenvalue weighted by Gasteiger charge is 2.39. The zero-order chi connectivity index (χ0) is 23.3. The van der Waals surface area contributed by atoms with E-state index in [4.69, 9.17) is 0 Å². The molecule has 4 aromatic rings. The number of hydrogen-bond donors (Lipinski definition) is 3. The Morgan fingerprint density at radius 1 is 0.879 bits per heavy atom. The van der Waals surface area contributed by atoms with E-state index in [-0.39, 0.29) is 12.3 Å². The Balaban J connectivity index is 1.69. The fraction of sp³-hybridized carbons (Fsp3) is 0.185. The van der Waals surface area contributed by atoms with Gasteiger partial charge in [-0.2, -0.15) is 0 Å². The van der Waals surface area contributed by atoms with Gasteiger partial charge in [0.25, 0.3) is 0 Å². The number of rotatable bonds is 8. The molecule has 6 nitrogen and oxygen atoms in total. The minimum atomic E-state index is -1.35. The molecule has 0 aliphatic heterocycles. The summed E-state index contributed by atoms with van der Waals surface area (Å²) in [6.07, 6.45) is 0.839. The second kappa shape index (κ2) is 9.61. The molecule has 6 heteroatoms. The maximum absolute atomic E-state index is 14.0. The van der Waals surface area contributed by atoms with E-state index in [0.717, 1.165) is 27.6 Å². The molecule has 0 saturated carbocycles. The van der Waals surface area contributed by atoms with Crippen molar-refractivity contribution in [1.29, 1.82) is 0 Å². The van der Waals surface area contributed by atoms with E-state index < -0.39 is 11.6 Å². The van der Waals surface area contributed by atoms with Gasteiger partial charge in [0.1, 0.15) is 5.54 Å². The van der Waals surface area contributed by atoms with Crippen LogP contribution in [0.5, 0.6) is 0 Å². The molecule has 0 fully saturated rings. The normalized spacial score (nSPS) is 12.8. The quantitative estimate of drug-likeness (QED) is 0.361. The van der Waals surface area contributed by atoms with Crippen LogP contribution >= 0.6 is 0 Å². The molecule has 168 valence electrons. The number of para-hydroxylation sites is 1. The Hall–Kier alpha value is -4.06. The number of carbonyl (C=O) groups excluding carboxylic acids is 1. The summed E-state index contributed by atoms with van der Waals surface area (Å²) >= 11 is 0. The van der Waals surface area contributed by atoms with Crippen molar-refractivity contribution >= 4 is 22.9 Å². The molecule has 0 spiro atoms. The van der Waals surface area contributed by atoms with Gasteiger partial charge in [-0.25, -0.2) is 4.79 Å². The lowest BCUT2D eigenvalue weighted by atomic mass is 9.90. The van der Waals surface area contributed by atoms with Crippen LogP contribution in [0.4, 0.5) is 4.79 Å². The smallest absolute Gasteiger partial charge is 0.405 e. The first-order valence-corrected chi connectivity index (χ1v) is 10.9. The highest BCUT2D eigenvalue weighted by atomic mass is 16.4. The van der Waals surface area contributed by atoms with E-state index in [1.165, 1.54) is 0 Å². The monoisotopic (exact) mass is 441 g/mol. The number of aromatic nitrogens is 1. The molecule has 1 heterocycles. The molecule has 2 amide bonds. The van der Waals surface area contributed by atoms with Gasteiger partial charge in [0.15, 0.2) is 0 Å². The van der Waals surface area contributed by atoms with E-state index >= 15 is 0 Å². The number of nitrogens with zero attached hydrogens (tertiary/aromatic N) is 1. The Morgan fingerprint density at radius 3 is 2.00 bits per heavy atom. The van der Waals surface area contributed by atoms with Gasteiger partial charge in [-0.1, -0.05) is 78.9 Å². The van der Waals surface area contributed by atoms with Gasteiger partial charge < -0.3 is 20.3 Å². The Kier molecular flexibility index (Phi) is 6.45. The summed E-state index contributed by atoms with van der Waals surface area (Å²) in [4.78, 5) is 30.7. The van der Waals surface area contributed by atoms with Crippen molar-refractivity contribution < 1.29 is 14.7 Å². The standard InChI is InChI=1S/C27H27N3O3/c1-27(29-26(32)33,16-22-17-28-24-15-9-8-14-23(22)24)25(31)30(18-20-10-4-2-5-11-20)19-21-12-6-3-7-13-21/h2-15,17,28-29H,16,18-19H2,1H3,(H,32,33). The van der Waals surface area contributed by atoms with E-state index in [1.54, 1.807) is 11.8 Å². The lowest BCUT2D eigenvalue weighted by molar-refractivity contribution is -0.138. The number of H-pyrrole nitrogens is 1. The molecule has 0 saturated heterocycles. The number of carboxylic acid groups (broad SMARTS) is 1. The molecule has 1 atom stereocenters. The molecule has 1 aromatic heterocycles. The van der Waals surface area contributed by atoms with Crippen LogP contribution in [0, 0.1) is 0 Å². The maximum atomic E-state index is 14.0. The van der Waals surface area contributed by atoms with Crippen molar-refractivity contribution in [3.63, 3.8) is 0 Å². The van der Waals surface area contributed by atoms with Crippen molar-refractivity contribution in [3.8, 4) is 0 Å². The number of amides is 2. The van der Waals surface area contributed by atoms with Crippen molar-refractivity contribution in [2.45, 2.75) is 32.0 Å². The molecule has 1 unspecified atom stereocenters. The van der Waals surface area contributed by atoms with E-state index in [0.29, 0.717) is 13.1 Å². The fourth-order valence-electron chi connectivity index (χ4n) is 4.22. The number of carbonyl (C=O) groups is 2. The maximum Gasteiger partial charge on any atom is 0.405 e. The summed E-state index contributed by atoms with van der Waals surface area (Å²) in [7, 11) is 0. The number of fused-ring (bicyclic) bond motifs is 1. The number of nitrogens with one attached hydrogen (secondary N) is 2. The molecule has 0 aliphatic rings. The predicted molar refractivity (Wildman–Crippen MR) is 129 cm³/mol. The Bertz CT molecular complexity index is 1200.